The maximum Gasteiger partial charge on any atom is 0.224 e. The van der Waals surface area contributed by atoms with Crippen molar-refractivity contribution >= 4 is 28.9 Å². The van der Waals surface area contributed by atoms with E-state index in [0.717, 1.165) is 50.1 Å². The fraction of sp³-hybridized carbons (Fsp3) is 0.476. The Hall–Kier alpha value is -2.61. The Kier molecular flexibility index (Phi) is 7.86. The minimum Gasteiger partial charge on any atom is -0.368 e. The molecule has 0 saturated carbocycles. The molecule has 1 aromatic carbocycles. The second-order valence-corrected chi connectivity index (χ2v) is 8.31. The largest absolute Gasteiger partial charge is 0.368 e. The van der Waals surface area contributed by atoms with Crippen molar-refractivity contribution in [1.29, 1.82) is 0 Å². The summed E-state index contributed by atoms with van der Waals surface area (Å²) in [5.74, 6) is 0.916. The van der Waals surface area contributed by atoms with Crippen LogP contribution in [0.15, 0.2) is 41.5 Å². The van der Waals surface area contributed by atoms with E-state index in [2.05, 4.69) is 56.7 Å². The van der Waals surface area contributed by atoms with Gasteiger partial charge in [-0.2, -0.15) is 0 Å². The van der Waals surface area contributed by atoms with Crippen LogP contribution in [-0.2, 0) is 11.2 Å². The molecule has 29 heavy (non-hydrogen) atoms. The minimum atomic E-state index is 0.193. The number of amides is 1. The minimum absolute atomic E-state index is 0.193. The number of carbonyl (C=O) groups is 1. The van der Waals surface area contributed by atoms with Crippen molar-refractivity contribution < 1.29 is 4.79 Å². The van der Waals surface area contributed by atoms with Gasteiger partial charge in [-0.1, -0.05) is 18.2 Å². The van der Waals surface area contributed by atoms with Crippen molar-refractivity contribution in [3.05, 3.63) is 46.4 Å². The number of aromatic nitrogens is 1. The third-order valence-corrected chi connectivity index (χ3v) is 5.88. The Bertz CT molecular complexity index is 799. The summed E-state index contributed by atoms with van der Waals surface area (Å²) in [4.78, 5) is 26.6. The highest BCUT2D eigenvalue weighted by atomic mass is 32.1. The number of hydrogen-bond acceptors (Lipinski definition) is 5. The van der Waals surface area contributed by atoms with Crippen molar-refractivity contribution in [2.45, 2.75) is 19.8 Å². The van der Waals surface area contributed by atoms with Gasteiger partial charge in [-0.3, -0.25) is 9.79 Å². The molecule has 7 nitrogen and oxygen atoms in total. The first-order valence-electron chi connectivity index (χ1n) is 10.1. The number of guanidine groups is 1. The van der Waals surface area contributed by atoms with E-state index in [9.17, 15) is 4.79 Å². The number of nitrogens with zero attached hydrogens (tertiary/aromatic N) is 4. The van der Waals surface area contributed by atoms with Gasteiger partial charge in [0.1, 0.15) is 0 Å². The van der Waals surface area contributed by atoms with Gasteiger partial charge in [-0.15, -0.1) is 11.3 Å². The van der Waals surface area contributed by atoms with Crippen molar-refractivity contribution in [3.8, 4) is 0 Å². The molecule has 0 atom stereocenters. The third-order valence-electron chi connectivity index (χ3n) is 4.91. The molecule has 2 heterocycles. The second-order valence-electron chi connectivity index (χ2n) is 6.99. The summed E-state index contributed by atoms with van der Waals surface area (Å²) >= 11 is 1.72. The van der Waals surface area contributed by atoms with Gasteiger partial charge in [0.15, 0.2) is 5.96 Å². The molecule has 8 heteroatoms. The number of nitrogens with one attached hydrogen (secondary N) is 2. The molecule has 0 aliphatic carbocycles. The van der Waals surface area contributed by atoms with Gasteiger partial charge in [0.25, 0.3) is 0 Å². The molecular weight excluding hydrogens is 384 g/mol. The number of aryl methyl sites for hydroxylation is 1. The van der Waals surface area contributed by atoms with Crippen molar-refractivity contribution in [2.24, 2.45) is 4.99 Å². The third kappa shape index (κ3) is 6.45. The molecule has 1 aliphatic rings. The lowest BCUT2D eigenvalue weighted by atomic mass is 10.2. The Morgan fingerprint density at radius 2 is 1.86 bits per heavy atom. The average molecular weight is 415 g/mol. The van der Waals surface area contributed by atoms with Crippen LogP contribution in [-0.4, -0.2) is 68.1 Å². The smallest absolute Gasteiger partial charge is 0.224 e. The van der Waals surface area contributed by atoms with Crippen molar-refractivity contribution in [3.63, 3.8) is 0 Å². The fourth-order valence-corrected chi connectivity index (χ4v) is 4.11. The predicted molar refractivity (Wildman–Crippen MR) is 120 cm³/mol. The van der Waals surface area contributed by atoms with Crippen LogP contribution in [0.3, 0.4) is 0 Å². The zero-order valence-corrected chi connectivity index (χ0v) is 18.0. The summed E-state index contributed by atoms with van der Waals surface area (Å²) in [6.07, 6.45) is 3.24. The molecule has 0 spiro atoms. The maximum atomic E-state index is 12.5. The molecule has 0 bridgehead atoms. The number of rotatable bonds is 7. The molecule has 2 aromatic rings. The number of thiazole rings is 1. The number of anilines is 1. The van der Waals surface area contributed by atoms with E-state index in [1.165, 1.54) is 10.6 Å². The van der Waals surface area contributed by atoms with Crippen LogP contribution in [0.5, 0.6) is 0 Å². The number of hydrogen-bond donors (Lipinski definition) is 2. The van der Waals surface area contributed by atoms with Gasteiger partial charge in [-0.25, -0.2) is 4.98 Å². The van der Waals surface area contributed by atoms with E-state index in [0.29, 0.717) is 13.0 Å². The molecule has 0 unspecified atom stereocenters. The van der Waals surface area contributed by atoms with E-state index >= 15 is 0 Å². The molecule has 1 saturated heterocycles. The lowest BCUT2D eigenvalue weighted by molar-refractivity contribution is -0.131. The lowest BCUT2D eigenvalue weighted by Gasteiger charge is -2.36. The Morgan fingerprint density at radius 3 is 2.52 bits per heavy atom. The molecule has 3 rings (SSSR count). The van der Waals surface area contributed by atoms with Gasteiger partial charge in [0.05, 0.1) is 5.01 Å². The predicted octanol–water partition coefficient (Wildman–Crippen LogP) is 1.90. The zero-order valence-electron chi connectivity index (χ0n) is 17.2. The molecule has 1 fully saturated rings. The summed E-state index contributed by atoms with van der Waals surface area (Å²) in [5, 5.41) is 7.63. The SMILES string of the molecule is CN=C(NCCC(=O)N1CCN(c2ccccc2)CC1)NCCc1ncc(C)s1. The van der Waals surface area contributed by atoms with Crippen molar-refractivity contribution in [2.75, 3.05) is 51.2 Å². The molecule has 1 aromatic heterocycles. The summed E-state index contributed by atoms with van der Waals surface area (Å²) in [6.45, 7) is 6.70. The maximum absolute atomic E-state index is 12.5. The highest BCUT2D eigenvalue weighted by Gasteiger charge is 2.20. The van der Waals surface area contributed by atoms with Gasteiger partial charge < -0.3 is 20.4 Å². The summed E-state index contributed by atoms with van der Waals surface area (Å²) < 4.78 is 0. The highest BCUT2D eigenvalue weighted by molar-refractivity contribution is 7.11. The van der Waals surface area contributed by atoms with Crippen LogP contribution in [0.1, 0.15) is 16.3 Å². The number of aliphatic imine (C=N–C) groups is 1. The summed E-state index contributed by atoms with van der Waals surface area (Å²) in [5.41, 5.74) is 1.23. The van der Waals surface area contributed by atoms with Gasteiger partial charge in [0.2, 0.25) is 5.91 Å². The number of carbonyl (C=O) groups excluding carboxylic acids is 1. The van der Waals surface area contributed by atoms with E-state index in [1.54, 1.807) is 18.4 Å². The summed E-state index contributed by atoms with van der Waals surface area (Å²) in [7, 11) is 1.74. The highest BCUT2D eigenvalue weighted by Crippen LogP contribution is 2.15. The normalized spacial score (nSPS) is 14.8. The number of benzene rings is 1. The van der Waals surface area contributed by atoms with E-state index in [-0.39, 0.29) is 5.91 Å². The summed E-state index contributed by atoms with van der Waals surface area (Å²) in [6, 6.07) is 10.4. The quantitative estimate of drug-likeness (QED) is 0.535. The monoisotopic (exact) mass is 414 g/mol. The Balaban J connectivity index is 1.32. The number of piperazine rings is 1. The first kappa shape index (κ1) is 21.1. The molecule has 156 valence electrons. The zero-order chi connectivity index (χ0) is 20.5. The van der Waals surface area contributed by atoms with E-state index in [1.807, 2.05) is 17.2 Å². The number of para-hydroxylation sites is 1. The van der Waals surface area contributed by atoms with E-state index < -0.39 is 0 Å². The van der Waals surface area contributed by atoms with Gasteiger partial charge >= 0.3 is 0 Å². The molecule has 2 N–H and O–H groups in total. The van der Waals surface area contributed by atoms with Crippen LogP contribution < -0.4 is 15.5 Å². The fourth-order valence-electron chi connectivity index (χ4n) is 3.32. The van der Waals surface area contributed by atoms with E-state index in [4.69, 9.17) is 0 Å². The van der Waals surface area contributed by atoms with Crippen molar-refractivity contribution in [1.82, 2.24) is 20.5 Å². The topological polar surface area (TPSA) is 72.9 Å². The van der Waals surface area contributed by atoms with Gasteiger partial charge in [-0.05, 0) is 19.1 Å². The Labute approximate surface area is 176 Å². The standard InChI is InChI=1S/C21H30N6OS/c1-17-16-25-19(29-17)8-10-23-21(22-2)24-11-9-20(28)27-14-12-26(13-15-27)18-6-4-3-5-7-18/h3-7,16H,8-15H2,1-2H3,(H2,22,23,24). The first-order valence-corrected chi connectivity index (χ1v) is 10.9. The average Bonchev–Trinajstić information content (AvgIpc) is 3.18. The molecule has 1 amide bonds. The molecular formula is C21H30N6OS. The van der Waals surface area contributed by atoms with Crippen LogP contribution in [0.25, 0.3) is 0 Å². The lowest BCUT2D eigenvalue weighted by Crippen LogP contribution is -2.49. The van der Waals surface area contributed by atoms with Crippen LogP contribution in [0.4, 0.5) is 5.69 Å². The molecule has 0 radical (unpaired) electrons. The first-order chi connectivity index (χ1) is 14.2. The molecule has 1 aliphatic heterocycles. The van der Waals surface area contributed by atoms with Crippen LogP contribution >= 0.6 is 11.3 Å². The van der Waals surface area contributed by atoms with Crippen LogP contribution in [0, 0.1) is 6.92 Å². The van der Waals surface area contributed by atoms with Gasteiger partial charge in [0, 0.05) is 75.9 Å². The Morgan fingerprint density at radius 1 is 1.14 bits per heavy atom. The second kappa shape index (κ2) is 10.8. The van der Waals surface area contributed by atoms with Crippen LogP contribution in [0.2, 0.25) is 0 Å².